The number of aryl methyl sites for hydroxylation is 2. The lowest BCUT2D eigenvalue weighted by atomic mass is 10.1. The summed E-state index contributed by atoms with van der Waals surface area (Å²) in [5.41, 5.74) is 3.78. The molecule has 4 nitrogen and oxygen atoms in total. The van der Waals surface area contributed by atoms with Crippen molar-refractivity contribution in [2.24, 2.45) is 0 Å². The average molecular weight is 284 g/mol. The fraction of sp³-hybridized carbons (Fsp3) is 0.250. The highest BCUT2D eigenvalue weighted by atomic mass is 19.1. The Morgan fingerprint density at radius 3 is 3.00 bits per heavy atom. The molecule has 0 aliphatic carbocycles. The van der Waals surface area contributed by atoms with Gasteiger partial charge in [0.25, 0.3) is 0 Å². The average Bonchev–Trinajstić information content (AvgIpc) is 2.85. The molecule has 2 heterocycles. The van der Waals surface area contributed by atoms with Crippen LogP contribution < -0.4 is 5.32 Å². The molecule has 0 bridgehead atoms. The van der Waals surface area contributed by atoms with Crippen LogP contribution in [0.2, 0.25) is 0 Å². The summed E-state index contributed by atoms with van der Waals surface area (Å²) >= 11 is 0. The molecule has 3 rings (SSSR count). The molecule has 1 aromatic carbocycles. The summed E-state index contributed by atoms with van der Waals surface area (Å²) in [5.74, 6) is 0.598. The number of benzene rings is 1. The van der Waals surface area contributed by atoms with Crippen molar-refractivity contribution in [3.63, 3.8) is 0 Å². The minimum Gasteiger partial charge on any atom is -0.368 e. The van der Waals surface area contributed by atoms with E-state index >= 15 is 0 Å². The normalized spacial score (nSPS) is 11.0. The molecule has 2 aromatic heterocycles. The van der Waals surface area contributed by atoms with Crippen LogP contribution in [0.3, 0.4) is 0 Å². The van der Waals surface area contributed by atoms with E-state index in [0.717, 1.165) is 46.6 Å². The van der Waals surface area contributed by atoms with Crippen molar-refractivity contribution in [1.82, 2.24) is 15.0 Å². The molecule has 0 fully saturated rings. The van der Waals surface area contributed by atoms with Crippen LogP contribution in [0.25, 0.3) is 10.9 Å². The third kappa shape index (κ3) is 2.86. The fourth-order valence-corrected chi connectivity index (χ4v) is 2.39. The molecule has 3 aromatic rings. The van der Waals surface area contributed by atoms with Crippen LogP contribution in [0.15, 0.2) is 30.6 Å². The molecule has 108 valence electrons. The van der Waals surface area contributed by atoms with Gasteiger partial charge in [0.15, 0.2) is 0 Å². The number of rotatable bonds is 4. The number of H-pyrrole nitrogens is 1. The Hall–Kier alpha value is -2.43. The SMILES string of the molecule is Cc1cnc(C)c(NCCc2c[nH]c3cc(F)ccc23)n1. The second-order valence-electron chi connectivity index (χ2n) is 5.13. The van der Waals surface area contributed by atoms with E-state index in [1.54, 1.807) is 6.20 Å². The zero-order chi connectivity index (χ0) is 14.8. The summed E-state index contributed by atoms with van der Waals surface area (Å²) in [6.07, 6.45) is 4.52. The van der Waals surface area contributed by atoms with Gasteiger partial charge < -0.3 is 10.3 Å². The van der Waals surface area contributed by atoms with Crippen LogP contribution in [0.5, 0.6) is 0 Å². The molecule has 2 N–H and O–H groups in total. The number of hydrogen-bond donors (Lipinski definition) is 2. The molecule has 0 saturated heterocycles. The lowest BCUT2D eigenvalue weighted by molar-refractivity contribution is 0.629. The zero-order valence-electron chi connectivity index (χ0n) is 12.1. The number of anilines is 1. The van der Waals surface area contributed by atoms with Gasteiger partial charge in [-0.05, 0) is 44.0 Å². The van der Waals surface area contributed by atoms with Crippen LogP contribution in [-0.2, 0) is 6.42 Å². The number of nitrogens with zero attached hydrogens (tertiary/aromatic N) is 2. The fourth-order valence-electron chi connectivity index (χ4n) is 2.39. The van der Waals surface area contributed by atoms with Crippen LogP contribution >= 0.6 is 0 Å². The lowest BCUT2D eigenvalue weighted by Gasteiger charge is -2.08. The number of aromatic nitrogens is 3. The van der Waals surface area contributed by atoms with Crippen molar-refractivity contribution in [2.45, 2.75) is 20.3 Å². The first-order valence-electron chi connectivity index (χ1n) is 6.93. The molecule has 0 aliphatic rings. The van der Waals surface area contributed by atoms with Crippen LogP contribution in [0, 0.1) is 19.7 Å². The molecule has 0 amide bonds. The predicted octanol–water partition coefficient (Wildman–Crippen LogP) is 3.37. The lowest BCUT2D eigenvalue weighted by Crippen LogP contribution is -2.08. The Balaban J connectivity index is 1.71. The van der Waals surface area contributed by atoms with Crippen molar-refractivity contribution < 1.29 is 4.39 Å². The Labute approximate surface area is 122 Å². The van der Waals surface area contributed by atoms with Crippen LogP contribution in [-0.4, -0.2) is 21.5 Å². The highest BCUT2D eigenvalue weighted by Gasteiger charge is 2.06. The Bertz CT molecular complexity index is 779. The first-order chi connectivity index (χ1) is 10.1. The summed E-state index contributed by atoms with van der Waals surface area (Å²) < 4.78 is 13.2. The molecule has 0 aliphatic heterocycles. The number of nitrogens with one attached hydrogen (secondary N) is 2. The van der Waals surface area contributed by atoms with Gasteiger partial charge in [0.1, 0.15) is 11.6 Å². The molecule has 0 unspecified atom stereocenters. The molecule has 0 radical (unpaired) electrons. The summed E-state index contributed by atoms with van der Waals surface area (Å²) in [4.78, 5) is 11.8. The smallest absolute Gasteiger partial charge is 0.147 e. The zero-order valence-corrected chi connectivity index (χ0v) is 12.1. The topological polar surface area (TPSA) is 53.6 Å². The minimum atomic E-state index is -0.223. The van der Waals surface area contributed by atoms with E-state index < -0.39 is 0 Å². The van der Waals surface area contributed by atoms with E-state index in [9.17, 15) is 4.39 Å². The van der Waals surface area contributed by atoms with E-state index in [0.29, 0.717) is 0 Å². The Kier molecular flexibility index (Phi) is 3.56. The van der Waals surface area contributed by atoms with E-state index in [1.165, 1.54) is 12.1 Å². The van der Waals surface area contributed by atoms with Gasteiger partial charge in [0, 0.05) is 29.8 Å². The second-order valence-corrected chi connectivity index (χ2v) is 5.13. The highest BCUT2D eigenvalue weighted by Crippen LogP contribution is 2.20. The second kappa shape index (κ2) is 5.52. The molecule has 21 heavy (non-hydrogen) atoms. The van der Waals surface area contributed by atoms with Crippen LogP contribution in [0.1, 0.15) is 17.0 Å². The molecular formula is C16H17FN4. The number of fused-ring (bicyclic) bond motifs is 1. The van der Waals surface area contributed by atoms with Gasteiger partial charge in [0.05, 0.1) is 11.4 Å². The van der Waals surface area contributed by atoms with E-state index in [1.807, 2.05) is 26.1 Å². The first-order valence-corrected chi connectivity index (χ1v) is 6.93. The summed E-state index contributed by atoms with van der Waals surface area (Å²) in [6, 6.07) is 4.82. The quantitative estimate of drug-likeness (QED) is 0.772. The largest absolute Gasteiger partial charge is 0.368 e. The first kappa shape index (κ1) is 13.5. The maximum absolute atomic E-state index is 13.2. The van der Waals surface area contributed by atoms with Crippen LogP contribution in [0.4, 0.5) is 10.2 Å². The summed E-state index contributed by atoms with van der Waals surface area (Å²) in [6.45, 7) is 4.61. The monoisotopic (exact) mass is 284 g/mol. The van der Waals surface area contributed by atoms with Crippen molar-refractivity contribution in [3.8, 4) is 0 Å². The standard InChI is InChI=1S/C16H17FN4/c1-10-8-19-11(2)16(21-10)18-6-5-12-9-20-15-7-13(17)3-4-14(12)15/h3-4,7-9,20H,5-6H2,1-2H3,(H,18,21). The van der Waals surface area contributed by atoms with Crippen molar-refractivity contribution in [3.05, 3.63) is 53.4 Å². The molecule has 5 heteroatoms. The van der Waals surface area contributed by atoms with Crippen molar-refractivity contribution in [2.75, 3.05) is 11.9 Å². The van der Waals surface area contributed by atoms with Gasteiger partial charge in [-0.2, -0.15) is 0 Å². The molecule has 0 spiro atoms. The highest BCUT2D eigenvalue weighted by molar-refractivity contribution is 5.83. The molecular weight excluding hydrogens is 267 g/mol. The number of hydrogen-bond acceptors (Lipinski definition) is 3. The number of halogens is 1. The van der Waals surface area contributed by atoms with E-state index in [-0.39, 0.29) is 5.82 Å². The third-order valence-electron chi connectivity index (χ3n) is 3.49. The van der Waals surface area contributed by atoms with Gasteiger partial charge >= 0.3 is 0 Å². The van der Waals surface area contributed by atoms with Gasteiger partial charge in [-0.15, -0.1) is 0 Å². The van der Waals surface area contributed by atoms with Crippen molar-refractivity contribution >= 4 is 16.7 Å². The Morgan fingerprint density at radius 2 is 2.14 bits per heavy atom. The van der Waals surface area contributed by atoms with E-state index in [2.05, 4.69) is 20.3 Å². The number of aromatic amines is 1. The van der Waals surface area contributed by atoms with Gasteiger partial charge in [-0.25, -0.2) is 9.37 Å². The minimum absolute atomic E-state index is 0.223. The predicted molar refractivity (Wildman–Crippen MR) is 82.0 cm³/mol. The maximum Gasteiger partial charge on any atom is 0.147 e. The van der Waals surface area contributed by atoms with Gasteiger partial charge in [-0.3, -0.25) is 4.98 Å². The Morgan fingerprint density at radius 1 is 1.29 bits per heavy atom. The van der Waals surface area contributed by atoms with Gasteiger partial charge in [-0.1, -0.05) is 0 Å². The maximum atomic E-state index is 13.2. The molecule has 0 saturated carbocycles. The summed E-state index contributed by atoms with van der Waals surface area (Å²) in [5, 5.41) is 4.37. The van der Waals surface area contributed by atoms with E-state index in [4.69, 9.17) is 0 Å². The van der Waals surface area contributed by atoms with Gasteiger partial charge in [0.2, 0.25) is 0 Å². The third-order valence-corrected chi connectivity index (χ3v) is 3.49. The van der Waals surface area contributed by atoms with Crippen molar-refractivity contribution in [1.29, 1.82) is 0 Å². The molecule has 0 atom stereocenters. The summed E-state index contributed by atoms with van der Waals surface area (Å²) in [7, 11) is 0.